The zero-order chi connectivity index (χ0) is 27.1. The Labute approximate surface area is 226 Å². The van der Waals surface area contributed by atoms with Gasteiger partial charge in [0.25, 0.3) is 0 Å². The molecule has 4 aromatic rings. The smallest absolute Gasteiger partial charge is 0.419 e. The summed E-state index contributed by atoms with van der Waals surface area (Å²) in [4.78, 5) is 31.5. The lowest BCUT2D eigenvalue weighted by Crippen LogP contribution is -2.35. The van der Waals surface area contributed by atoms with E-state index in [2.05, 4.69) is 4.98 Å². The maximum Gasteiger partial charge on any atom is 0.419 e. The highest BCUT2D eigenvalue weighted by Gasteiger charge is 2.20. The summed E-state index contributed by atoms with van der Waals surface area (Å²) in [7, 11) is -1.33. The fraction of sp³-hybridized carbons (Fsp3) is 0.185. The summed E-state index contributed by atoms with van der Waals surface area (Å²) in [6.45, 7) is 2.10. The summed E-state index contributed by atoms with van der Waals surface area (Å²) in [6, 6.07) is 20.8. The van der Waals surface area contributed by atoms with Crippen LogP contribution in [0.5, 0.6) is 5.75 Å². The van der Waals surface area contributed by atoms with Crippen LogP contribution in [0.25, 0.3) is 10.2 Å². The summed E-state index contributed by atoms with van der Waals surface area (Å²) < 4.78 is 24.3. The lowest BCUT2D eigenvalue weighted by Gasteiger charge is -2.21. The van der Waals surface area contributed by atoms with Crippen molar-refractivity contribution >= 4 is 55.9 Å². The van der Waals surface area contributed by atoms with Crippen LogP contribution in [0.1, 0.15) is 23.9 Å². The second-order valence-electron chi connectivity index (χ2n) is 8.08. The van der Waals surface area contributed by atoms with Crippen molar-refractivity contribution in [1.82, 2.24) is 4.98 Å². The third kappa shape index (κ3) is 6.81. The van der Waals surface area contributed by atoms with Crippen molar-refractivity contribution in [2.24, 2.45) is 5.73 Å². The van der Waals surface area contributed by atoms with E-state index in [-0.39, 0.29) is 31.2 Å². The van der Waals surface area contributed by atoms with E-state index < -0.39 is 22.9 Å². The van der Waals surface area contributed by atoms with Gasteiger partial charge in [-0.2, -0.15) is 0 Å². The second kappa shape index (κ2) is 12.4. The van der Waals surface area contributed by atoms with Gasteiger partial charge >= 0.3 is 12.1 Å². The molecule has 38 heavy (non-hydrogen) atoms. The first-order chi connectivity index (χ1) is 18.3. The third-order valence-corrected chi connectivity index (χ3v) is 7.98. The number of carbonyl (C=O) groups excluding carboxylic acids is 2. The number of aromatic nitrogens is 1. The number of amides is 1. The van der Waals surface area contributed by atoms with Crippen LogP contribution in [-0.2, 0) is 26.1 Å². The Balaban J connectivity index is 1.46. The second-order valence-corrected chi connectivity index (χ2v) is 10.6. The van der Waals surface area contributed by atoms with E-state index >= 15 is 0 Å². The van der Waals surface area contributed by atoms with Crippen molar-refractivity contribution in [2.45, 2.75) is 24.0 Å². The molecule has 0 radical (unpaired) electrons. The van der Waals surface area contributed by atoms with Gasteiger partial charge < -0.3 is 15.2 Å². The highest BCUT2D eigenvalue weighted by molar-refractivity contribution is 7.84. The van der Waals surface area contributed by atoms with Crippen molar-refractivity contribution in [2.75, 3.05) is 18.1 Å². The molecule has 0 spiro atoms. The Morgan fingerprint density at radius 3 is 2.50 bits per heavy atom. The summed E-state index contributed by atoms with van der Waals surface area (Å²) >= 11 is 1.41. The van der Waals surface area contributed by atoms with E-state index in [1.54, 1.807) is 73.7 Å². The summed E-state index contributed by atoms with van der Waals surface area (Å²) in [6.07, 6.45) is -0.605. The number of esters is 1. The lowest BCUT2D eigenvalue weighted by molar-refractivity contribution is -0.142. The zero-order valence-corrected chi connectivity index (χ0v) is 22.2. The number of amidine groups is 1. The molecular weight excluding hydrogens is 524 g/mol. The molecule has 1 heterocycles. The molecule has 9 nitrogen and oxygen atoms in total. The molecule has 1 unspecified atom stereocenters. The van der Waals surface area contributed by atoms with Crippen LogP contribution in [0.15, 0.2) is 77.7 Å². The van der Waals surface area contributed by atoms with Gasteiger partial charge in [0.15, 0.2) is 0 Å². The summed E-state index contributed by atoms with van der Waals surface area (Å²) in [5.41, 5.74) is 7.27. The summed E-state index contributed by atoms with van der Waals surface area (Å²) in [5.74, 6) is 0.0851. The number of fused-ring (bicyclic) bond motifs is 1. The van der Waals surface area contributed by atoms with Gasteiger partial charge in [0.1, 0.15) is 16.6 Å². The minimum atomic E-state index is -1.33. The van der Waals surface area contributed by atoms with E-state index in [1.807, 2.05) is 6.07 Å². The number of ether oxygens (including phenoxy) is 2. The van der Waals surface area contributed by atoms with Crippen LogP contribution < -0.4 is 15.4 Å². The van der Waals surface area contributed by atoms with Crippen molar-refractivity contribution in [3.63, 3.8) is 0 Å². The zero-order valence-electron chi connectivity index (χ0n) is 20.6. The van der Waals surface area contributed by atoms with Crippen LogP contribution in [-0.4, -0.2) is 40.2 Å². The standard InChI is InChI=1S/C27H26N4O5S2/c1-2-35-25(32)14-15-31(19-6-4-3-5-7-19)27(33)36-20-10-13-23-22(16-20)30-24(37-23)17-38(34)21-11-8-18(9-12-21)26(28)29/h3-13,16H,2,14-15,17H2,1H3,(H3,28,29). The molecule has 0 aliphatic heterocycles. The largest absolute Gasteiger partial charge is 0.466 e. The molecule has 0 saturated carbocycles. The van der Waals surface area contributed by atoms with Crippen molar-refractivity contribution < 1.29 is 23.3 Å². The predicted molar refractivity (Wildman–Crippen MR) is 148 cm³/mol. The lowest BCUT2D eigenvalue weighted by atomic mass is 10.2. The van der Waals surface area contributed by atoms with E-state index in [0.29, 0.717) is 32.4 Å². The first-order valence-electron chi connectivity index (χ1n) is 11.8. The predicted octanol–water partition coefficient (Wildman–Crippen LogP) is 4.85. The highest BCUT2D eigenvalue weighted by atomic mass is 32.2. The van der Waals surface area contributed by atoms with Gasteiger partial charge in [-0.3, -0.25) is 19.3 Å². The SMILES string of the molecule is CCOC(=O)CCN(C(=O)Oc1ccc2sc(CS(=O)c3ccc(C(=N)N)cc3)nc2c1)c1ccccc1. The van der Waals surface area contributed by atoms with Gasteiger partial charge in [-0.1, -0.05) is 30.3 Å². The first-order valence-corrected chi connectivity index (χ1v) is 13.9. The monoisotopic (exact) mass is 550 g/mol. The maximum atomic E-state index is 13.1. The number of nitrogens with zero attached hydrogens (tertiary/aromatic N) is 2. The minimum Gasteiger partial charge on any atom is -0.466 e. The van der Waals surface area contributed by atoms with Gasteiger partial charge in [0.2, 0.25) is 0 Å². The average Bonchev–Trinajstić information content (AvgIpc) is 3.31. The Kier molecular flexibility index (Phi) is 8.82. The Bertz CT molecular complexity index is 1470. The van der Waals surface area contributed by atoms with Crippen molar-refractivity contribution in [3.05, 3.63) is 83.4 Å². The molecule has 0 aliphatic rings. The molecule has 1 amide bonds. The first kappa shape index (κ1) is 27.0. The van der Waals surface area contributed by atoms with Gasteiger partial charge in [-0.05, 0) is 43.3 Å². The molecule has 1 atom stereocenters. The molecule has 0 saturated heterocycles. The number of nitrogens with one attached hydrogen (secondary N) is 1. The molecular formula is C27H26N4O5S2. The highest BCUT2D eigenvalue weighted by Crippen LogP contribution is 2.28. The molecule has 4 rings (SSSR count). The molecule has 3 aromatic carbocycles. The summed E-state index contributed by atoms with van der Waals surface area (Å²) in [5, 5.41) is 8.15. The Morgan fingerprint density at radius 2 is 1.82 bits per heavy atom. The van der Waals surface area contributed by atoms with E-state index in [1.165, 1.54) is 16.2 Å². The van der Waals surface area contributed by atoms with E-state index in [0.717, 1.165) is 4.70 Å². The molecule has 0 aliphatic carbocycles. The third-order valence-electron chi connectivity index (χ3n) is 5.42. The van der Waals surface area contributed by atoms with Crippen LogP contribution in [0.2, 0.25) is 0 Å². The number of anilines is 1. The molecule has 0 bridgehead atoms. The molecule has 0 fully saturated rings. The Morgan fingerprint density at radius 1 is 1.08 bits per heavy atom. The number of para-hydroxylation sites is 1. The number of carbonyl (C=O) groups is 2. The molecule has 1 aromatic heterocycles. The number of nitrogen functional groups attached to an aromatic ring is 1. The van der Waals surface area contributed by atoms with Crippen LogP contribution >= 0.6 is 11.3 Å². The van der Waals surface area contributed by atoms with E-state index in [9.17, 15) is 13.8 Å². The van der Waals surface area contributed by atoms with Crippen LogP contribution in [0.4, 0.5) is 10.5 Å². The normalized spacial score (nSPS) is 11.6. The van der Waals surface area contributed by atoms with Crippen LogP contribution in [0.3, 0.4) is 0 Å². The average molecular weight is 551 g/mol. The van der Waals surface area contributed by atoms with E-state index in [4.69, 9.17) is 20.6 Å². The fourth-order valence-corrected chi connectivity index (χ4v) is 5.78. The number of rotatable bonds is 10. The molecule has 196 valence electrons. The maximum absolute atomic E-state index is 13.1. The van der Waals surface area contributed by atoms with Crippen molar-refractivity contribution in [1.29, 1.82) is 5.41 Å². The van der Waals surface area contributed by atoms with Crippen molar-refractivity contribution in [3.8, 4) is 5.75 Å². The van der Waals surface area contributed by atoms with Gasteiger partial charge in [0.05, 0.1) is 39.8 Å². The van der Waals surface area contributed by atoms with Gasteiger partial charge in [0, 0.05) is 28.8 Å². The number of thiazole rings is 1. The molecule has 11 heteroatoms. The fourth-order valence-electron chi connectivity index (χ4n) is 3.59. The quantitative estimate of drug-likeness (QED) is 0.164. The minimum absolute atomic E-state index is 0.0287. The van der Waals surface area contributed by atoms with Gasteiger partial charge in [-0.25, -0.2) is 9.78 Å². The topological polar surface area (TPSA) is 136 Å². The number of hydrogen-bond donors (Lipinski definition) is 2. The van der Waals surface area contributed by atoms with Gasteiger partial charge in [-0.15, -0.1) is 11.3 Å². The molecule has 3 N–H and O–H groups in total. The Hall–Kier alpha value is -4.09. The number of benzene rings is 3. The van der Waals surface area contributed by atoms with Crippen LogP contribution in [0, 0.1) is 5.41 Å². The number of hydrogen-bond acceptors (Lipinski definition) is 8. The number of nitrogens with two attached hydrogens (primary N) is 1.